The minimum atomic E-state index is -4.58. The maximum atomic E-state index is 12.4. The quantitative estimate of drug-likeness (QED) is 0.737. The molecule has 0 saturated heterocycles. The Labute approximate surface area is 88.4 Å². The molecule has 0 radical (unpaired) electrons. The smallest absolute Gasteiger partial charge is 0.166 e. The SMILES string of the molecule is CCc1cc(C(F)(F)F)cc(N=O)c1N=O. The molecule has 86 valence electrons. The third-order valence-corrected chi connectivity index (χ3v) is 2.07. The number of hydrogen-bond acceptors (Lipinski definition) is 4. The minimum absolute atomic E-state index is 0.0550. The Morgan fingerprint density at radius 3 is 2.19 bits per heavy atom. The first-order chi connectivity index (χ1) is 7.43. The molecule has 0 aliphatic carbocycles. The summed E-state index contributed by atoms with van der Waals surface area (Å²) in [6.45, 7) is 1.55. The zero-order valence-electron chi connectivity index (χ0n) is 8.21. The van der Waals surface area contributed by atoms with E-state index in [9.17, 15) is 23.0 Å². The number of halogens is 3. The van der Waals surface area contributed by atoms with Crippen LogP contribution in [0.3, 0.4) is 0 Å². The van der Waals surface area contributed by atoms with Crippen molar-refractivity contribution in [2.75, 3.05) is 0 Å². The Hall–Kier alpha value is -1.79. The fourth-order valence-electron chi connectivity index (χ4n) is 1.29. The van der Waals surface area contributed by atoms with Gasteiger partial charge in [-0.2, -0.15) is 13.2 Å². The van der Waals surface area contributed by atoms with Crippen molar-refractivity contribution < 1.29 is 13.2 Å². The van der Waals surface area contributed by atoms with Gasteiger partial charge < -0.3 is 0 Å². The van der Waals surface area contributed by atoms with Crippen LogP contribution in [-0.2, 0) is 12.6 Å². The molecule has 1 aromatic rings. The number of aryl methyl sites for hydroxylation is 1. The van der Waals surface area contributed by atoms with Gasteiger partial charge in [0, 0.05) is 0 Å². The lowest BCUT2D eigenvalue weighted by Gasteiger charge is -2.10. The third kappa shape index (κ3) is 2.23. The van der Waals surface area contributed by atoms with Crippen LogP contribution in [0.2, 0.25) is 0 Å². The van der Waals surface area contributed by atoms with Crippen LogP contribution < -0.4 is 0 Å². The highest BCUT2D eigenvalue weighted by Crippen LogP contribution is 2.39. The summed E-state index contributed by atoms with van der Waals surface area (Å²) in [4.78, 5) is 20.7. The third-order valence-electron chi connectivity index (χ3n) is 2.07. The second kappa shape index (κ2) is 4.38. The standard InChI is InChI=1S/C9H7F3N2O2/c1-2-5-3-6(9(10,11)12)4-7(13-15)8(5)14-16/h3-4H,2H2,1H3. The van der Waals surface area contributed by atoms with Crippen LogP contribution in [0.1, 0.15) is 18.1 Å². The first kappa shape index (κ1) is 12.3. The first-order valence-corrected chi connectivity index (χ1v) is 4.34. The highest BCUT2D eigenvalue weighted by atomic mass is 19.4. The number of alkyl halides is 3. The van der Waals surface area contributed by atoms with Gasteiger partial charge in [0.1, 0.15) is 11.4 Å². The molecule has 1 aromatic carbocycles. The van der Waals surface area contributed by atoms with E-state index in [1.807, 2.05) is 0 Å². The number of rotatable bonds is 3. The minimum Gasteiger partial charge on any atom is -0.166 e. The van der Waals surface area contributed by atoms with Crippen LogP contribution in [0.4, 0.5) is 24.5 Å². The Morgan fingerprint density at radius 2 is 1.81 bits per heavy atom. The second-order valence-corrected chi connectivity index (χ2v) is 3.04. The van der Waals surface area contributed by atoms with Crippen LogP contribution in [0.25, 0.3) is 0 Å². The van der Waals surface area contributed by atoms with E-state index in [1.54, 1.807) is 6.92 Å². The van der Waals surface area contributed by atoms with Crippen molar-refractivity contribution in [1.29, 1.82) is 0 Å². The van der Waals surface area contributed by atoms with Gasteiger partial charge in [-0.3, -0.25) is 0 Å². The first-order valence-electron chi connectivity index (χ1n) is 4.34. The zero-order chi connectivity index (χ0) is 12.3. The Morgan fingerprint density at radius 1 is 1.19 bits per heavy atom. The van der Waals surface area contributed by atoms with Crippen molar-refractivity contribution in [2.24, 2.45) is 10.4 Å². The van der Waals surface area contributed by atoms with E-state index < -0.39 is 17.4 Å². The monoisotopic (exact) mass is 232 g/mol. The van der Waals surface area contributed by atoms with Gasteiger partial charge in [-0.15, -0.1) is 9.81 Å². The molecule has 0 amide bonds. The molecular formula is C9H7F3N2O2. The van der Waals surface area contributed by atoms with Crippen LogP contribution >= 0.6 is 0 Å². The summed E-state index contributed by atoms with van der Waals surface area (Å²) in [5, 5.41) is 4.90. The van der Waals surface area contributed by atoms with E-state index in [0.717, 1.165) is 6.07 Å². The van der Waals surface area contributed by atoms with Crippen molar-refractivity contribution in [3.05, 3.63) is 33.1 Å². The van der Waals surface area contributed by atoms with Gasteiger partial charge in [0.15, 0.2) is 0 Å². The predicted molar refractivity (Wildman–Crippen MR) is 51.7 cm³/mol. The van der Waals surface area contributed by atoms with Crippen LogP contribution in [-0.4, -0.2) is 0 Å². The lowest BCUT2D eigenvalue weighted by atomic mass is 10.0. The van der Waals surface area contributed by atoms with Gasteiger partial charge in [0.2, 0.25) is 0 Å². The maximum Gasteiger partial charge on any atom is 0.416 e. The van der Waals surface area contributed by atoms with E-state index in [1.165, 1.54) is 0 Å². The second-order valence-electron chi connectivity index (χ2n) is 3.04. The molecule has 0 aromatic heterocycles. The molecular weight excluding hydrogens is 225 g/mol. The largest absolute Gasteiger partial charge is 0.416 e. The fraction of sp³-hybridized carbons (Fsp3) is 0.333. The van der Waals surface area contributed by atoms with E-state index in [2.05, 4.69) is 10.4 Å². The summed E-state index contributed by atoms with van der Waals surface area (Å²) < 4.78 is 37.2. The summed E-state index contributed by atoms with van der Waals surface area (Å²) >= 11 is 0. The molecule has 0 atom stereocenters. The Bertz CT molecular complexity index is 429. The van der Waals surface area contributed by atoms with Crippen molar-refractivity contribution in [3.63, 3.8) is 0 Å². The average Bonchev–Trinajstić information content (AvgIpc) is 2.25. The summed E-state index contributed by atoms with van der Waals surface area (Å²) in [5.74, 6) is 0. The summed E-state index contributed by atoms with van der Waals surface area (Å²) in [6, 6.07) is 1.31. The maximum absolute atomic E-state index is 12.4. The summed E-state index contributed by atoms with van der Waals surface area (Å²) in [5.41, 5.74) is -1.86. The van der Waals surface area contributed by atoms with E-state index in [4.69, 9.17) is 0 Å². The van der Waals surface area contributed by atoms with Gasteiger partial charge in [0.25, 0.3) is 0 Å². The molecule has 0 spiro atoms. The lowest BCUT2D eigenvalue weighted by molar-refractivity contribution is -0.137. The summed E-state index contributed by atoms with van der Waals surface area (Å²) in [7, 11) is 0. The van der Waals surface area contributed by atoms with Crippen LogP contribution in [0.5, 0.6) is 0 Å². The summed E-state index contributed by atoms with van der Waals surface area (Å²) in [6.07, 6.45) is -4.42. The molecule has 16 heavy (non-hydrogen) atoms. The van der Waals surface area contributed by atoms with Gasteiger partial charge >= 0.3 is 6.18 Å². The normalized spacial score (nSPS) is 11.2. The molecule has 7 heteroatoms. The van der Waals surface area contributed by atoms with Crippen molar-refractivity contribution in [3.8, 4) is 0 Å². The lowest BCUT2D eigenvalue weighted by Crippen LogP contribution is -2.05. The van der Waals surface area contributed by atoms with Crippen molar-refractivity contribution in [2.45, 2.75) is 19.5 Å². The number of nitroso groups, excluding NO2 is 2. The average molecular weight is 232 g/mol. The van der Waals surface area contributed by atoms with E-state index in [0.29, 0.717) is 6.07 Å². The molecule has 0 heterocycles. The molecule has 0 aliphatic rings. The molecule has 1 rings (SSSR count). The van der Waals surface area contributed by atoms with Crippen molar-refractivity contribution in [1.82, 2.24) is 0 Å². The molecule has 0 unspecified atom stereocenters. The van der Waals surface area contributed by atoms with E-state index >= 15 is 0 Å². The van der Waals surface area contributed by atoms with Crippen molar-refractivity contribution >= 4 is 11.4 Å². The number of benzene rings is 1. The molecule has 4 nitrogen and oxygen atoms in total. The van der Waals surface area contributed by atoms with Crippen LogP contribution in [0, 0.1) is 9.81 Å². The predicted octanol–water partition coefficient (Wildman–Crippen LogP) is 4.06. The molecule has 0 saturated carbocycles. The molecule has 0 N–H and O–H groups in total. The topological polar surface area (TPSA) is 58.9 Å². The number of hydrogen-bond donors (Lipinski definition) is 0. The Balaban J connectivity index is 3.49. The molecule has 0 bridgehead atoms. The Kier molecular flexibility index (Phi) is 3.36. The van der Waals surface area contributed by atoms with Gasteiger partial charge in [-0.1, -0.05) is 6.92 Å². The highest BCUT2D eigenvalue weighted by molar-refractivity contribution is 5.67. The fourth-order valence-corrected chi connectivity index (χ4v) is 1.29. The van der Waals surface area contributed by atoms with Gasteiger partial charge in [-0.05, 0) is 34.5 Å². The van der Waals surface area contributed by atoms with E-state index in [-0.39, 0.29) is 17.7 Å². The van der Waals surface area contributed by atoms with Crippen LogP contribution in [0.15, 0.2) is 22.5 Å². The van der Waals surface area contributed by atoms with Gasteiger partial charge in [-0.25, -0.2) is 0 Å². The van der Waals surface area contributed by atoms with Gasteiger partial charge in [0.05, 0.1) is 5.56 Å². The zero-order valence-corrected chi connectivity index (χ0v) is 8.21. The molecule has 0 aliphatic heterocycles. The highest BCUT2D eigenvalue weighted by Gasteiger charge is 2.32. The number of nitrogens with zero attached hydrogens (tertiary/aromatic N) is 2. The molecule has 0 fully saturated rings.